The van der Waals surface area contributed by atoms with Crippen LogP contribution >= 0.6 is 0 Å². The Morgan fingerprint density at radius 2 is 1.38 bits per heavy atom. The summed E-state index contributed by atoms with van der Waals surface area (Å²) < 4.78 is 7.42. The van der Waals surface area contributed by atoms with Crippen LogP contribution in [0.4, 0.5) is 5.69 Å². The minimum atomic E-state index is -0.415. The molecule has 0 aliphatic heterocycles. The minimum absolute atomic E-state index is 0. The zero-order valence-corrected chi connectivity index (χ0v) is 17.3. The Kier molecular flexibility index (Phi) is 10.4. The summed E-state index contributed by atoms with van der Waals surface area (Å²) in [6.07, 6.45) is 0. The molecule has 0 saturated heterocycles. The molecule has 2 heteroatoms. The van der Waals surface area contributed by atoms with E-state index in [-0.39, 0.29) is 20.3 Å². The molecule has 120 valence electrons. The molecule has 0 aliphatic rings. The van der Waals surface area contributed by atoms with E-state index in [1.54, 1.807) is 0 Å². The Bertz CT molecular complexity index is 461. The van der Waals surface area contributed by atoms with Crippen LogP contribution in [0.5, 0.6) is 0 Å². The van der Waals surface area contributed by atoms with Gasteiger partial charge in [0.15, 0.2) is 0 Å². The van der Waals surface area contributed by atoms with Gasteiger partial charge in [0.05, 0.1) is 0 Å². The van der Waals surface area contributed by atoms with Crippen LogP contribution in [0.3, 0.4) is 0 Å². The van der Waals surface area contributed by atoms with Crippen LogP contribution in [0, 0.1) is 20.3 Å². The molecule has 0 N–H and O–H groups in total. The van der Waals surface area contributed by atoms with Gasteiger partial charge in [0.2, 0.25) is 0 Å². The van der Waals surface area contributed by atoms with Gasteiger partial charge in [-0.3, -0.25) is 0 Å². The predicted molar refractivity (Wildman–Crippen MR) is 95.1 cm³/mol. The maximum Gasteiger partial charge on any atom is -0.358 e. The van der Waals surface area contributed by atoms with E-state index in [0.29, 0.717) is 11.8 Å². The van der Waals surface area contributed by atoms with Crippen molar-refractivity contribution in [3.63, 3.8) is 0 Å². The molecule has 0 unspecified atom stereocenters. The quantitative estimate of drug-likeness (QED) is 0.420. The van der Waals surface area contributed by atoms with Crippen molar-refractivity contribution in [3.05, 3.63) is 44.2 Å². The van der Waals surface area contributed by atoms with Gasteiger partial charge in [-0.15, -0.1) is 0 Å². The number of benzene rings is 1. The van der Waals surface area contributed by atoms with Crippen LogP contribution in [0.15, 0.2) is 21.7 Å². The Morgan fingerprint density at radius 3 is 1.71 bits per heavy atom. The molecule has 1 aromatic carbocycles. The fraction of sp³-hybridized carbons (Fsp3) is 0.526. The second-order valence-corrected chi connectivity index (χ2v) is 8.32. The van der Waals surface area contributed by atoms with Crippen molar-refractivity contribution in [3.8, 4) is 0 Å². The molecule has 0 fully saturated rings. The Labute approximate surface area is 141 Å². The Hall–Kier alpha value is -0.422. The van der Waals surface area contributed by atoms with Crippen molar-refractivity contribution in [1.82, 2.24) is 0 Å². The zero-order chi connectivity index (χ0) is 14.6. The van der Waals surface area contributed by atoms with Gasteiger partial charge in [-0.1, -0.05) is 0 Å². The van der Waals surface area contributed by atoms with Crippen molar-refractivity contribution in [2.45, 2.75) is 60.3 Å². The second-order valence-electron chi connectivity index (χ2n) is 6.78. The number of hydrogen-bond donors (Lipinski definition) is 0. The number of nitrogens with zero attached hydrogens (tertiary/aromatic N) is 1. The van der Waals surface area contributed by atoms with Crippen LogP contribution in [0.1, 0.15) is 71.4 Å². The maximum absolute atomic E-state index is 5.01. The predicted octanol–water partition coefficient (Wildman–Crippen LogP) is 6.58. The van der Waals surface area contributed by atoms with Crippen molar-refractivity contribution >= 4 is 10.1 Å². The third-order valence-corrected chi connectivity index (χ3v) is 5.60. The molecule has 1 nitrogen and oxygen atoms in total. The zero-order valence-electron chi connectivity index (χ0n) is 15.3. The molecular weight excluding hydrogens is 338 g/mol. The fourth-order valence-corrected chi connectivity index (χ4v) is 3.54. The molecule has 0 amide bonds. The molecule has 0 aromatic heterocycles. The molecular formula is C19H33MoN. The Morgan fingerprint density at radius 1 is 0.952 bits per heavy atom. The minimum Gasteiger partial charge on any atom is -0.358 e. The normalized spacial score (nSPS) is 10.5. The Balaban J connectivity index is 0. The van der Waals surface area contributed by atoms with Crippen LogP contribution in [0.2, 0.25) is 0 Å². The fourth-order valence-electron chi connectivity index (χ4n) is 1.85. The first-order valence-corrected chi connectivity index (χ1v) is 9.12. The maximum atomic E-state index is 5.01. The van der Waals surface area contributed by atoms with Crippen LogP contribution in [-0.4, -0.2) is 4.40 Å². The van der Waals surface area contributed by atoms with E-state index in [9.17, 15) is 0 Å². The molecule has 21 heavy (non-hydrogen) atoms. The largest absolute Gasteiger partial charge is 0.358 e. The summed E-state index contributed by atoms with van der Waals surface area (Å²) in [7, 11) is 0. The van der Waals surface area contributed by atoms with Gasteiger partial charge in [-0.25, -0.2) is 0 Å². The topological polar surface area (TPSA) is 12.4 Å². The summed E-state index contributed by atoms with van der Waals surface area (Å²) in [5.74, 6) is 1.08. The van der Waals surface area contributed by atoms with E-state index in [0.717, 1.165) is 0 Å². The van der Waals surface area contributed by atoms with Crippen molar-refractivity contribution < 1.29 is 17.9 Å². The van der Waals surface area contributed by atoms with E-state index >= 15 is 0 Å². The average Bonchev–Trinajstić information content (AvgIpc) is 2.26. The third-order valence-electron chi connectivity index (χ3n) is 2.89. The molecule has 1 aromatic rings. The first-order valence-electron chi connectivity index (χ1n) is 7.06. The summed E-state index contributed by atoms with van der Waals surface area (Å²) in [5.41, 5.74) is 4.36. The van der Waals surface area contributed by atoms with Gasteiger partial charge >= 0.3 is 127 Å². The van der Waals surface area contributed by atoms with Gasteiger partial charge in [0.1, 0.15) is 0 Å². The van der Waals surface area contributed by atoms with Crippen LogP contribution in [-0.2, 0) is 17.9 Å². The second kappa shape index (κ2) is 9.57. The number of rotatable bonds is 3. The summed E-state index contributed by atoms with van der Waals surface area (Å²) in [5, 5.41) is 0. The van der Waals surface area contributed by atoms with Gasteiger partial charge in [0.25, 0.3) is 0 Å². The third kappa shape index (κ3) is 7.41. The molecule has 0 bridgehead atoms. The molecule has 0 aliphatic carbocycles. The van der Waals surface area contributed by atoms with E-state index in [1.807, 2.05) is 0 Å². The number of hydrogen-bond acceptors (Lipinski definition) is 1. The van der Waals surface area contributed by atoms with Gasteiger partial charge in [0, 0.05) is 0 Å². The smallest absolute Gasteiger partial charge is 0.358 e. The monoisotopic (exact) mass is 373 g/mol. The summed E-state index contributed by atoms with van der Waals surface area (Å²) in [6.45, 7) is 15.8. The molecule has 0 radical (unpaired) electrons. The van der Waals surface area contributed by atoms with Gasteiger partial charge in [-0.05, 0) is 0 Å². The SMILES string of the molecule is CC(C)c1cccc(C(C)C)c1[N]=[Mo+2]=[CH]C(C)(C)C.[CH3-].[CH3-]. The van der Waals surface area contributed by atoms with E-state index < -0.39 is 17.9 Å². The molecule has 0 heterocycles. The van der Waals surface area contributed by atoms with Gasteiger partial charge in [-0.2, -0.15) is 0 Å². The molecule has 1 rings (SSSR count). The summed E-state index contributed by atoms with van der Waals surface area (Å²) >= 11 is -0.415. The van der Waals surface area contributed by atoms with E-state index in [1.165, 1.54) is 16.8 Å². The van der Waals surface area contributed by atoms with Gasteiger partial charge < -0.3 is 14.9 Å². The van der Waals surface area contributed by atoms with Crippen molar-refractivity contribution in [2.75, 3.05) is 0 Å². The standard InChI is InChI=1S/C12H17N.C5H10.2CH3.Mo/c1-8(2)10-6-5-7-11(9(3)4)12(10)13;1-5(2,3)4;;;/h5-9H,1-4H3;1H,2-4H3;2*1H3;/q;;2*-1;+2. The van der Waals surface area contributed by atoms with Crippen molar-refractivity contribution in [2.24, 2.45) is 8.91 Å². The first-order chi connectivity index (χ1) is 8.72. The van der Waals surface area contributed by atoms with Crippen molar-refractivity contribution in [1.29, 1.82) is 0 Å². The molecule has 0 spiro atoms. The van der Waals surface area contributed by atoms with Crippen LogP contribution < -0.4 is 0 Å². The van der Waals surface area contributed by atoms with E-state index in [4.69, 9.17) is 3.50 Å². The molecule has 0 atom stereocenters. The summed E-state index contributed by atoms with van der Waals surface area (Å²) in [4.78, 5) is 0. The summed E-state index contributed by atoms with van der Waals surface area (Å²) in [6, 6.07) is 6.65. The first kappa shape index (κ1) is 22.9. The van der Waals surface area contributed by atoms with Crippen LogP contribution in [0.25, 0.3) is 0 Å². The molecule has 0 saturated carbocycles. The average molecular weight is 371 g/mol. The van der Waals surface area contributed by atoms with E-state index in [2.05, 4.69) is 71.1 Å².